The first-order valence-electron chi connectivity index (χ1n) is 7.39. The molecule has 2 heterocycles. The molecule has 4 nitrogen and oxygen atoms in total. The van der Waals surface area contributed by atoms with E-state index in [0.717, 1.165) is 12.2 Å². The Hall–Kier alpha value is -2.07. The third-order valence-corrected chi connectivity index (χ3v) is 4.20. The highest BCUT2D eigenvalue weighted by atomic mass is 16.2. The van der Waals surface area contributed by atoms with E-state index in [1.54, 1.807) is 0 Å². The maximum Gasteiger partial charge on any atom is 0.270 e. The van der Waals surface area contributed by atoms with Gasteiger partial charge in [-0.15, -0.1) is 0 Å². The molecule has 1 saturated heterocycles. The van der Waals surface area contributed by atoms with Gasteiger partial charge in [0.2, 0.25) is 0 Å². The van der Waals surface area contributed by atoms with Crippen molar-refractivity contribution in [3.8, 4) is 0 Å². The Bertz CT molecular complexity index is 610. The Balaban J connectivity index is 1.78. The van der Waals surface area contributed by atoms with Crippen LogP contribution in [0.4, 0.5) is 0 Å². The summed E-state index contributed by atoms with van der Waals surface area (Å²) in [6, 6.07) is 14.1. The summed E-state index contributed by atoms with van der Waals surface area (Å²) in [6.45, 7) is 4.21. The molecule has 0 bridgehead atoms. The summed E-state index contributed by atoms with van der Waals surface area (Å²) in [5, 5.41) is 0. The van der Waals surface area contributed by atoms with E-state index in [4.69, 9.17) is 5.73 Å². The van der Waals surface area contributed by atoms with E-state index in [0.29, 0.717) is 19.0 Å². The van der Waals surface area contributed by atoms with Gasteiger partial charge in [0, 0.05) is 31.9 Å². The van der Waals surface area contributed by atoms with Gasteiger partial charge in [-0.1, -0.05) is 37.3 Å². The van der Waals surface area contributed by atoms with Crippen LogP contribution in [0.1, 0.15) is 23.0 Å². The number of rotatable bonds is 3. The van der Waals surface area contributed by atoms with Crippen LogP contribution < -0.4 is 5.73 Å². The van der Waals surface area contributed by atoms with Gasteiger partial charge in [-0.3, -0.25) is 4.79 Å². The third-order valence-electron chi connectivity index (χ3n) is 4.20. The lowest BCUT2D eigenvalue weighted by atomic mass is 10.1. The van der Waals surface area contributed by atoms with Gasteiger partial charge in [0.15, 0.2) is 0 Å². The molecule has 1 fully saturated rings. The van der Waals surface area contributed by atoms with Crippen LogP contribution in [0.5, 0.6) is 0 Å². The Morgan fingerprint density at radius 1 is 1.19 bits per heavy atom. The van der Waals surface area contributed by atoms with Crippen molar-refractivity contribution in [1.29, 1.82) is 0 Å². The van der Waals surface area contributed by atoms with Crippen molar-refractivity contribution in [2.45, 2.75) is 19.5 Å². The molecule has 0 aliphatic carbocycles. The predicted octanol–water partition coefficient (Wildman–Crippen LogP) is 1.96. The van der Waals surface area contributed by atoms with Gasteiger partial charge < -0.3 is 15.2 Å². The number of amides is 1. The fourth-order valence-electron chi connectivity index (χ4n) is 2.85. The summed E-state index contributed by atoms with van der Waals surface area (Å²) in [7, 11) is 0. The summed E-state index contributed by atoms with van der Waals surface area (Å²) in [4.78, 5) is 14.5. The smallest absolute Gasteiger partial charge is 0.270 e. The van der Waals surface area contributed by atoms with Gasteiger partial charge in [-0.25, -0.2) is 0 Å². The quantitative estimate of drug-likeness (QED) is 0.936. The van der Waals surface area contributed by atoms with E-state index < -0.39 is 0 Å². The van der Waals surface area contributed by atoms with E-state index in [-0.39, 0.29) is 11.9 Å². The fraction of sp³-hybridized carbons (Fsp3) is 0.353. The molecular weight excluding hydrogens is 262 g/mol. The van der Waals surface area contributed by atoms with Crippen molar-refractivity contribution in [2.24, 2.45) is 11.7 Å². The molecule has 21 heavy (non-hydrogen) atoms. The van der Waals surface area contributed by atoms with Crippen molar-refractivity contribution in [3.05, 3.63) is 59.9 Å². The second-order valence-corrected chi connectivity index (χ2v) is 5.86. The molecule has 1 amide bonds. The molecule has 1 aromatic heterocycles. The zero-order valence-corrected chi connectivity index (χ0v) is 12.3. The zero-order valence-electron chi connectivity index (χ0n) is 12.3. The molecule has 1 aromatic carbocycles. The van der Waals surface area contributed by atoms with Gasteiger partial charge in [0.1, 0.15) is 5.69 Å². The topological polar surface area (TPSA) is 51.3 Å². The molecule has 0 radical (unpaired) electrons. The van der Waals surface area contributed by atoms with Gasteiger partial charge in [0.25, 0.3) is 5.91 Å². The van der Waals surface area contributed by atoms with E-state index in [2.05, 4.69) is 19.1 Å². The Labute approximate surface area is 125 Å². The molecule has 2 aromatic rings. The second kappa shape index (κ2) is 5.74. The number of aromatic nitrogens is 1. The number of nitrogens with two attached hydrogens (primary N) is 1. The molecule has 110 valence electrons. The molecule has 3 rings (SSSR count). The molecule has 0 saturated carbocycles. The highest BCUT2D eigenvalue weighted by Crippen LogP contribution is 2.18. The first-order chi connectivity index (χ1) is 10.1. The lowest BCUT2D eigenvalue weighted by Gasteiger charge is -2.17. The van der Waals surface area contributed by atoms with E-state index >= 15 is 0 Å². The van der Waals surface area contributed by atoms with Crippen LogP contribution in [-0.2, 0) is 6.54 Å². The molecule has 0 spiro atoms. The number of likely N-dealkylation sites (tertiary alicyclic amines) is 1. The number of carbonyl (C=O) groups excluding carboxylic acids is 1. The van der Waals surface area contributed by atoms with Crippen LogP contribution in [0.3, 0.4) is 0 Å². The first kappa shape index (κ1) is 13.9. The molecule has 2 atom stereocenters. The minimum absolute atomic E-state index is 0.0794. The molecule has 2 N–H and O–H groups in total. The van der Waals surface area contributed by atoms with E-state index in [1.165, 1.54) is 5.56 Å². The van der Waals surface area contributed by atoms with Crippen LogP contribution in [0.25, 0.3) is 0 Å². The van der Waals surface area contributed by atoms with Crippen LogP contribution in [-0.4, -0.2) is 34.5 Å². The number of benzene rings is 1. The monoisotopic (exact) mass is 283 g/mol. The largest absolute Gasteiger partial charge is 0.339 e. The van der Waals surface area contributed by atoms with Crippen LogP contribution in [0, 0.1) is 5.92 Å². The highest BCUT2D eigenvalue weighted by Gasteiger charge is 2.31. The number of carbonyl (C=O) groups is 1. The number of nitrogens with zero attached hydrogens (tertiary/aromatic N) is 2. The highest BCUT2D eigenvalue weighted by molar-refractivity contribution is 5.93. The van der Waals surface area contributed by atoms with Crippen molar-refractivity contribution in [3.63, 3.8) is 0 Å². The molecular formula is C17H21N3O. The minimum atomic E-state index is 0.0794. The summed E-state index contributed by atoms with van der Waals surface area (Å²) >= 11 is 0. The Morgan fingerprint density at radius 3 is 2.62 bits per heavy atom. The molecule has 1 aliphatic rings. The maximum absolute atomic E-state index is 12.7. The first-order valence-corrected chi connectivity index (χ1v) is 7.39. The van der Waals surface area contributed by atoms with E-state index in [1.807, 2.05) is 46.0 Å². The van der Waals surface area contributed by atoms with Crippen molar-refractivity contribution in [1.82, 2.24) is 9.47 Å². The van der Waals surface area contributed by atoms with Crippen molar-refractivity contribution in [2.75, 3.05) is 13.1 Å². The third kappa shape index (κ3) is 2.85. The number of hydrogen-bond donors (Lipinski definition) is 1. The predicted molar refractivity (Wildman–Crippen MR) is 83.0 cm³/mol. The van der Waals surface area contributed by atoms with Crippen molar-refractivity contribution >= 4 is 5.91 Å². The standard InChI is InChI=1S/C17H21N3O/c1-13-10-20(12-15(13)18)17(21)16-8-5-9-19(16)11-14-6-3-2-4-7-14/h2-9,13,15H,10-12,18H2,1H3. The lowest BCUT2D eigenvalue weighted by Crippen LogP contribution is -2.33. The Kier molecular flexibility index (Phi) is 3.80. The van der Waals surface area contributed by atoms with Gasteiger partial charge in [-0.2, -0.15) is 0 Å². The fourth-order valence-corrected chi connectivity index (χ4v) is 2.85. The van der Waals surface area contributed by atoms with E-state index in [9.17, 15) is 4.79 Å². The maximum atomic E-state index is 12.7. The minimum Gasteiger partial charge on any atom is -0.339 e. The summed E-state index contributed by atoms with van der Waals surface area (Å²) in [5.41, 5.74) is 7.95. The lowest BCUT2D eigenvalue weighted by molar-refractivity contribution is 0.0776. The van der Waals surface area contributed by atoms with Crippen LogP contribution in [0.15, 0.2) is 48.7 Å². The normalized spacial score (nSPS) is 21.7. The average Bonchev–Trinajstić information content (AvgIpc) is 3.07. The second-order valence-electron chi connectivity index (χ2n) is 5.86. The van der Waals surface area contributed by atoms with Gasteiger partial charge in [-0.05, 0) is 23.6 Å². The summed E-state index contributed by atoms with van der Waals surface area (Å²) < 4.78 is 2.01. The molecule has 1 aliphatic heterocycles. The SMILES string of the molecule is CC1CN(C(=O)c2cccn2Cc2ccccc2)CC1N. The van der Waals surface area contributed by atoms with Crippen molar-refractivity contribution < 1.29 is 4.79 Å². The zero-order chi connectivity index (χ0) is 14.8. The van der Waals surface area contributed by atoms with Gasteiger partial charge >= 0.3 is 0 Å². The molecule has 2 unspecified atom stereocenters. The van der Waals surface area contributed by atoms with Crippen LogP contribution in [0.2, 0.25) is 0 Å². The summed E-state index contributed by atoms with van der Waals surface area (Å²) in [5.74, 6) is 0.446. The average molecular weight is 283 g/mol. The van der Waals surface area contributed by atoms with Gasteiger partial charge in [0.05, 0.1) is 0 Å². The molecule has 4 heteroatoms. The van der Waals surface area contributed by atoms with Crippen LogP contribution >= 0.6 is 0 Å². The Morgan fingerprint density at radius 2 is 1.95 bits per heavy atom. The number of hydrogen-bond acceptors (Lipinski definition) is 2. The summed E-state index contributed by atoms with van der Waals surface area (Å²) in [6.07, 6.45) is 1.96.